The molecule has 0 fully saturated rings. The standard InChI is InChI=1S/C15H12ClNO2S/c16-12-4-2-1-3-10(12)13(18)9-17-7-5-14-11(15(17)19)6-8-20-14/h1-8,13,18H,9H2. The first-order valence-electron chi connectivity index (χ1n) is 6.16. The number of aromatic nitrogens is 1. The molecule has 3 aromatic rings. The molecule has 2 heterocycles. The predicted octanol–water partition coefficient (Wildman–Crippen LogP) is 3.45. The summed E-state index contributed by atoms with van der Waals surface area (Å²) in [6.07, 6.45) is 0.902. The van der Waals surface area contributed by atoms with Crippen LogP contribution in [0.25, 0.3) is 10.1 Å². The van der Waals surface area contributed by atoms with Gasteiger partial charge in [-0.2, -0.15) is 0 Å². The van der Waals surface area contributed by atoms with Crippen molar-refractivity contribution in [2.24, 2.45) is 0 Å². The summed E-state index contributed by atoms with van der Waals surface area (Å²) in [5.74, 6) is 0. The molecule has 0 aliphatic rings. The molecule has 0 amide bonds. The first-order chi connectivity index (χ1) is 9.66. The molecule has 3 nitrogen and oxygen atoms in total. The van der Waals surface area contributed by atoms with Gasteiger partial charge in [0.05, 0.1) is 18.0 Å². The van der Waals surface area contributed by atoms with Crippen LogP contribution in [0.15, 0.2) is 52.8 Å². The second-order valence-electron chi connectivity index (χ2n) is 4.51. The van der Waals surface area contributed by atoms with Gasteiger partial charge in [-0.15, -0.1) is 11.3 Å². The van der Waals surface area contributed by atoms with E-state index < -0.39 is 6.10 Å². The lowest BCUT2D eigenvalue weighted by molar-refractivity contribution is 0.155. The van der Waals surface area contributed by atoms with Crippen LogP contribution >= 0.6 is 22.9 Å². The van der Waals surface area contributed by atoms with E-state index in [1.54, 1.807) is 24.4 Å². The number of rotatable bonds is 3. The van der Waals surface area contributed by atoms with Crippen molar-refractivity contribution >= 4 is 33.0 Å². The summed E-state index contributed by atoms with van der Waals surface area (Å²) >= 11 is 7.59. The van der Waals surface area contributed by atoms with Crippen molar-refractivity contribution in [2.75, 3.05) is 0 Å². The Balaban J connectivity index is 1.95. The number of hydrogen-bond acceptors (Lipinski definition) is 3. The minimum atomic E-state index is -0.808. The van der Waals surface area contributed by atoms with Gasteiger partial charge in [0.15, 0.2) is 0 Å². The lowest BCUT2D eigenvalue weighted by atomic mass is 10.1. The predicted molar refractivity (Wildman–Crippen MR) is 82.5 cm³/mol. The Hall–Kier alpha value is -1.62. The first kappa shape index (κ1) is 13.4. The van der Waals surface area contributed by atoms with Gasteiger partial charge >= 0.3 is 0 Å². The van der Waals surface area contributed by atoms with Gasteiger partial charge in [-0.3, -0.25) is 4.79 Å². The molecule has 5 heteroatoms. The number of fused-ring (bicyclic) bond motifs is 1. The Morgan fingerprint density at radius 2 is 2.05 bits per heavy atom. The highest BCUT2D eigenvalue weighted by Gasteiger charge is 2.13. The van der Waals surface area contributed by atoms with Crippen LogP contribution in [-0.2, 0) is 6.54 Å². The lowest BCUT2D eigenvalue weighted by Crippen LogP contribution is -2.22. The molecule has 0 radical (unpaired) electrons. The zero-order chi connectivity index (χ0) is 14.1. The third-order valence-electron chi connectivity index (χ3n) is 3.23. The van der Waals surface area contributed by atoms with Crippen LogP contribution in [0.2, 0.25) is 5.02 Å². The molecule has 0 saturated heterocycles. The zero-order valence-corrected chi connectivity index (χ0v) is 12.1. The van der Waals surface area contributed by atoms with Crippen LogP contribution < -0.4 is 5.56 Å². The fourth-order valence-electron chi connectivity index (χ4n) is 2.18. The fraction of sp³-hybridized carbons (Fsp3) is 0.133. The van der Waals surface area contributed by atoms with Gasteiger partial charge in [-0.1, -0.05) is 29.8 Å². The van der Waals surface area contributed by atoms with E-state index in [-0.39, 0.29) is 12.1 Å². The molecular formula is C15H12ClNO2S. The number of halogens is 1. The molecule has 0 aliphatic carbocycles. The Labute approximate surface area is 124 Å². The zero-order valence-electron chi connectivity index (χ0n) is 10.5. The molecular weight excluding hydrogens is 294 g/mol. The summed E-state index contributed by atoms with van der Waals surface area (Å²) in [7, 11) is 0. The smallest absolute Gasteiger partial charge is 0.259 e. The van der Waals surface area contributed by atoms with E-state index in [0.29, 0.717) is 16.0 Å². The average molecular weight is 306 g/mol. The molecule has 1 unspecified atom stereocenters. The van der Waals surface area contributed by atoms with Gasteiger partial charge in [0.25, 0.3) is 5.56 Å². The molecule has 1 atom stereocenters. The van der Waals surface area contributed by atoms with Crippen molar-refractivity contribution < 1.29 is 5.11 Å². The van der Waals surface area contributed by atoms with E-state index >= 15 is 0 Å². The normalized spacial score (nSPS) is 12.7. The molecule has 0 spiro atoms. The molecule has 0 aliphatic heterocycles. The van der Waals surface area contributed by atoms with Crippen molar-refractivity contribution in [1.29, 1.82) is 0 Å². The summed E-state index contributed by atoms with van der Waals surface area (Å²) in [5.41, 5.74) is 0.543. The van der Waals surface area contributed by atoms with Gasteiger partial charge in [-0.05, 0) is 23.6 Å². The van der Waals surface area contributed by atoms with E-state index in [9.17, 15) is 9.90 Å². The van der Waals surface area contributed by atoms with Crippen LogP contribution in [0.1, 0.15) is 11.7 Å². The quantitative estimate of drug-likeness (QED) is 0.805. The maximum atomic E-state index is 12.3. The van der Waals surface area contributed by atoms with E-state index in [0.717, 1.165) is 4.70 Å². The van der Waals surface area contributed by atoms with Gasteiger partial charge in [0.2, 0.25) is 0 Å². The van der Waals surface area contributed by atoms with Crippen molar-refractivity contribution in [3.05, 3.63) is 68.9 Å². The highest BCUT2D eigenvalue weighted by molar-refractivity contribution is 7.17. The Morgan fingerprint density at radius 3 is 2.85 bits per heavy atom. The van der Waals surface area contributed by atoms with Gasteiger partial charge < -0.3 is 9.67 Å². The number of hydrogen-bond donors (Lipinski definition) is 1. The molecule has 2 aromatic heterocycles. The van der Waals surface area contributed by atoms with E-state index in [4.69, 9.17) is 11.6 Å². The second kappa shape index (κ2) is 5.40. The molecule has 0 bridgehead atoms. The van der Waals surface area contributed by atoms with Crippen LogP contribution in [0.5, 0.6) is 0 Å². The van der Waals surface area contributed by atoms with Crippen molar-refractivity contribution in [3.63, 3.8) is 0 Å². The number of aliphatic hydroxyl groups is 1. The second-order valence-corrected chi connectivity index (χ2v) is 5.86. The summed E-state index contributed by atoms with van der Waals surface area (Å²) in [4.78, 5) is 12.3. The Kier molecular flexibility index (Phi) is 3.61. The van der Waals surface area contributed by atoms with E-state index in [1.807, 2.05) is 23.6 Å². The van der Waals surface area contributed by atoms with Crippen molar-refractivity contribution in [1.82, 2.24) is 4.57 Å². The average Bonchev–Trinajstić information content (AvgIpc) is 2.91. The van der Waals surface area contributed by atoms with Gasteiger partial charge in [0, 0.05) is 21.5 Å². The van der Waals surface area contributed by atoms with Gasteiger partial charge in [0.1, 0.15) is 0 Å². The SMILES string of the molecule is O=c1c2ccsc2ccn1CC(O)c1ccccc1Cl. The molecule has 3 rings (SSSR count). The topological polar surface area (TPSA) is 42.2 Å². The third kappa shape index (κ3) is 2.38. The number of aliphatic hydroxyl groups excluding tert-OH is 1. The van der Waals surface area contributed by atoms with Crippen molar-refractivity contribution in [3.8, 4) is 0 Å². The van der Waals surface area contributed by atoms with E-state index in [2.05, 4.69) is 0 Å². The first-order valence-corrected chi connectivity index (χ1v) is 7.42. The third-order valence-corrected chi connectivity index (χ3v) is 4.45. The minimum Gasteiger partial charge on any atom is -0.386 e. The summed E-state index contributed by atoms with van der Waals surface area (Å²) < 4.78 is 2.47. The Morgan fingerprint density at radius 1 is 1.25 bits per heavy atom. The monoisotopic (exact) mass is 305 g/mol. The highest BCUT2D eigenvalue weighted by atomic mass is 35.5. The summed E-state index contributed by atoms with van der Waals surface area (Å²) in [6, 6.07) is 10.8. The number of nitrogens with zero attached hydrogens (tertiary/aromatic N) is 1. The maximum Gasteiger partial charge on any atom is 0.259 e. The van der Waals surface area contributed by atoms with Crippen LogP contribution in [0, 0.1) is 0 Å². The van der Waals surface area contributed by atoms with Crippen molar-refractivity contribution in [2.45, 2.75) is 12.6 Å². The molecule has 102 valence electrons. The molecule has 20 heavy (non-hydrogen) atoms. The number of benzene rings is 1. The lowest BCUT2D eigenvalue weighted by Gasteiger charge is -2.14. The van der Waals surface area contributed by atoms with Crippen LogP contribution in [0.3, 0.4) is 0 Å². The highest BCUT2D eigenvalue weighted by Crippen LogP contribution is 2.24. The van der Waals surface area contributed by atoms with E-state index in [1.165, 1.54) is 15.9 Å². The number of pyridine rings is 1. The summed E-state index contributed by atoms with van der Waals surface area (Å²) in [6.45, 7) is 0.189. The fourth-order valence-corrected chi connectivity index (χ4v) is 3.21. The van der Waals surface area contributed by atoms with Crippen LogP contribution in [-0.4, -0.2) is 9.67 Å². The molecule has 1 aromatic carbocycles. The summed E-state index contributed by atoms with van der Waals surface area (Å²) in [5, 5.41) is 13.3. The van der Waals surface area contributed by atoms with Crippen LogP contribution in [0.4, 0.5) is 0 Å². The largest absolute Gasteiger partial charge is 0.386 e. The molecule has 0 saturated carbocycles. The Bertz CT molecular complexity index is 809. The molecule has 1 N–H and O–H groups in total. The maximum absolute atomic E-state index is 12.3. The minimum absolute atomic E-state index is 0.0881. The number of thiophene rings is 1. The van der Waals surface area contributed by atoms with Gasteiger partial charge in [-0.25, -0.2) is 0 Å².